The minimum atomic E-state index is -3.26. The van der Waals surface area contributed by atoms with Crippen molar-refractivity contribution in [1.29, 1.82) is 0 Å². The molecule has 2 heterocycles. The second kappa shape index (κ2) is 6.79. The molecule has 3 N–H and O–H groups in total. The summed E-state index contributed by atoms with van der Waals surface area (Å²) in [5.41, 5.74) is 6.35. The third-order valence-electron chi connectivity index (χ3n) is 4.10. The second-order valence-electron chi connectivity index (χ2n) is 5.94. The first kappa shape index (κ1) is 17.6. The van der Waals surface area contributed by atoms with Crippen LogP contribution in [0.4, 0.5) is 5.95 Å². The Labute approximate surface area is 136 Å². The molecule has 1 aliphatic heterocycles. The van der Waals surface area contributed by atoms with Gasteiger partial charge in [0.15, 0.2) is 0 Å². The van der Waals surface area contributed by atoms with Gasteiger partial charge in [0.05, 0.1) is 17.5 Å². The van der Waals surface area contributed by atoms with E-state index < -0.39 is 10.0 Å². The van der Waals surface area contributed by atoms with Gasteiger partial charge in [0.2, 0.25) is 16.0 Å². The molecule has 23 heavy (non-hydrogen) atoms. The predicted octanol–water partition coefficient (Wildman–Crippen LogP) is 0.157. The monoisotopic (exact) mass is 341 g/mol. The van der Waals surface area contributed by atoms with Gasteiger partial charge in [-0.05, 0) is 19.3 Å². The molecule has 0 aliphatic carbocycles. The lowest BCUT2D eigenvalue weighted by atomic mass is 9.98. The van der Waals surface area contributed by atoms with Crippen molar-refractivity contribution in [2.24, 2.45) is 5.92 Å². The summed E-state index contributed by atoms with van der Waals surface area (Å²) >= 11 is 0. The van der Waals surface area contributed by atoms with Gasteiger partial charge in [0.25, 0.3) is 5.91 Å². The van der Waals surface area contributed by atoms with Crippen LogP contribution >= 0.6 is 0 Å². The molecule has 0 saturated carbocycles. The lowest BCUT2D eigenvalue weighted by Crippen LogP contribution is -2.41. The Morgan fingerprint density at radius 1 is 1.48 bits per heavy atom. The third kappa shape index (κ3) is 4.17. The largest absolute Gasteiger partial charge is 0.368 e. The van der Waals surface area contributed by atoms with E-state index in [2.05, 4.69) is 15.3 Å². The molecule has 0 unspecified atom stereocenters. The van der Waals surface area contributed by atoms with E-state index >= 15 is 0 Å². The van der Waals surface area contributed by atoms with E-state index in [0.717, 1.165) is 12.8 Å². The standard InChI is InChI=1S/C14H23N5O3S/c1-4-5-10-7-19(23(3,21)22)8-12(10)18-13(20)11-6-16-14(15)17-9(11)2/h6,10,12H,4-5,7-8H2,1-3H3,(H,18,20)(H2,15,16,17)/t10-,12-/m0/s1. The number of anilines is 1. The number of aromatic nitrogens is 2. The van der Waals surface area contributed by atoms with Crippen molar-refractivity contribution in [3.63, 3.8) is 0 Å². The lowest BCUT2D eigenvalue weighted by molar-refractivity contribution is 0.0928. The van der Waals surface area contributed by atoms with Crippen LogP contribution in [0.1, 0.15) is 35.8 Å². The number of rotatable bonds is 5. The molecule has 1 saturated heterocycles. The van der Waals surface area contributed by atoms with Gasteiger partial charge in [0, 0.05) is 25.3 Å². The number of nitrogens with zero attached hydrogens (tertiary/aromatic N) is 3. The van der Waals surface area contributed by atoms with Crippen molar-refractivity contribution in [2.45, 2.75) is 32.7 Å². The quantitative estimate of drug-likeness (QED) is 0.787. The molecule has 0 aromatic carbocycles. The molecule has 1 amide bonds. The number of nitrogens with one attached hydrogen (secondary N) is 1. The van der Waals surface area contributed by atoms with Crippen molar-refractivity contribution >= 4 is 21.9 Å². The van der Waals surface area contributed by atoms with Gasteiger partial charge in [-0.15, -0.1) is 0 Å². The third-order valence-corrected chi connectivity index (χ3v) is 5.33. The average Bonchev–Trinajstić information content (AvgIpc) is 2.82. The molecule has 9 heteroatoms. The smallest absolute Gasteiger partial charge is 0.254 e. The van der Waals surface area contributed by atoms with Gasteiger partial charge >= 0.3 is 0 Å². The maximum atomic E-state index is 12.4. The Hall–Kier alpha value is -1.74. The molecule has 128 valence electrons. The van der Waals surface area contributed by atoms with Gasteiger partial charge in [0.1, 0.15) is 0 Å². The highest BCUT2D eigenvalue weighted by atomic mass is 32.2. The summed E-state index contributed by atoms with van der Waals surface area (Å²) in [6, 6.07) is -0.214. The van der Waals surface area contributed by atoms with Gasteiger partial charge < -0.3 is 11.1 Å². The zero-order chi connectivity index (χ0) is 17.2. The molecule has 8 nitrogen and oxygen atoms in total. The van der Waals surface area contributed by atoms with Gasteiger partial charge in [-0.25, -0.2) is 18.4 Å². The first-order chi connectivity index (χ1) is 10.7. The summed E-state index contributed by atoms with van der Waals surface area (Å²) in [5.74, 6) is -0.0790. The molecular weight excluding hydrogens is 318 g/mol. The number of carbonyl (C=O) groups excluding carboxylic acids is 1. The van der Waals surface area contributed by atoms with E-state index in [9.17, 15) is 13.2 Å². The van der Waals surface area contributed by atoms with Crippen LogP contribution in [0.3, 0.4) is 0 Å². The van der Waals surface area contributed by atoms with Crippen molar-refractivity contribution in [2.75, 3.05) is 25.1 Å². The number of nitrogens with two attached hydrogens (primary N) is 1. The van der Waals surface area contributed by atoms with Crippen molar-refractivity contribution in [3.05, 3.63) is 17.5 Å². The first-order valence-corrected chi connectivity index (χ1v) is 9.42. The molecule has 0 spiro atoms. The fraction of sp³-hybridized carbons (Fsp3) is 0.643. The van der Waals surface area contributed by atoms with Gasteiger partial charge in [-0.1, -0.05) is 13.3 Å². The summed E-state index contributed by atoms with van der Waals surface area (Å²) in [4.78, 5) is 20.3. The second-order valence-corrected chi connectivity index (χ2v) is 7.92. The highest BCUT2D eigenvalue weighted by molar-refractivity contribution is 7.88. The van der Waals surface area contributed by atoms with E-state index in [4.69, 9.17) is 5.73 Å². The van der Waals surface area contributed by atoms with Crippen molar-refractivity contribution < 1.29 is 13.2 Å². The highest BCUT2D eigenvalue weighted by Crippen LogP contribution is 2.24. The zero-order valence-corrected chi connectivity index (χ0v) is 14.4. The SMILES string of the molecule is CCC[C@H]1CN(S(C)(=O)=O)C[C@@H]1NC(=O)c1cnc(N)nc1C. The van der Waals surface area contributed by atoms with E-state index in [1.165, 1.54) is 16.8 Å². The number of carbonyl (C=O) groups is 1. The molecule has 1 aliphatic rings. The minimum absolute atomic E-state index is 0.105. The lowest BCUT2D eigenvalue weighted by Gasteiger charge is -2.19. The van der Waals surface area contributed by atoms with E-state index in [-0.39, 0.29) is 23.8 Å². The van der Waals surface area contributed by atoms with Crippen LogP contribution < -0.4 is 11.1 Å². The Morgan fingerprint density at radius 2 is 2.17 bits per heavy atom. The van der Waals surface area contributed by atoms with Crippen molar-refractivity contribution in [1.82, 2.24) is 19.6 Å². The summed E-state index contributed by atoms with van der Waals surface area (Å²) in [6.45, 7) is 4.47. The van der Waals surface area contributed by atoms with Crippen molar-refractivity contribution in [3.8, 4) is 0 Å². The molecule has 0 radical (unpaired) electrons. The normalized spacial score (nSPS) is 22.2. The Morgan fingerprint density at radius 3 is 2.74 bits per heavy atom. The van der Waals surface area contributed by atoms with E-state index in [0.29, 0.717) is 24.3 Å². The molecule has 2 atom stereocenters. The number of aryl methyl sites for hydroxylation is 1. The fourth-order valence-corrected chi connectivity index (χ4v) is 3.78. The summed E-state index contributed by atoms with van der Waals surface area (Å²) < 4.78 is 24.9. The topological polar surface area (TPSA) is 118 Å². The maximum Gasteiger partial charge on any atom is 0.254 e. The minimum Gasteiger partial charge on any atom is -0.368 e. The Bertz CT molecular complexity index is 692. The van der Waals surface area contributed by atoms with Crippen LogP contribution in [-0.4, -0.2) is 54.0 Å². The van der Waals surface area contributed by atoms with Crippen LogP contribution in [-0.2, 0) is 10.0 Å². The van der Waals surface area contributed by atoms with Crippen LogP contribution in [0.5, 0.6) is 0 Å². The highest BCUT2D eigenvalue weighted by Gasteiger charge is 2.37. The summed E-state index contributed by atoms with van der Waals surface area (Å²) in [7, 11) is -3.26. The van der Waals surface area contributed by atoms with E-state index in [1.54, 1.807) is 6.92 Å². The summed E-state index contributed by atoms with van der Waals surface area (Å²) in [5, 5.41) is 2.93. The van der Waals surface area contributed by atoms with Crippen LogP contribution in [0.2, 0.25) is 0 Å². The Balaban J connectivity index is 2.14. The zero-order valence-electron chi connectivity index (χ0n) is 13.6. The van der Waals surface area contributed by atoms with Gasteiger partial charge in [-0.2, -0.15) is 4.31 Å². The molecule has 1 aromatic heterocycles. The average molecular weight is 341 g/mol. The fourth-order valence-electron chi connectivity index (χ4n) is 2.88. The predicted molar refractivity (Wildman–Crippen MR) is 87.3 cm³/mol. The molecule has 2 rings (SSSR count). The number of hydrogen-bond acceptors (Lipinski definition) is 6. The first-order valence-electron chi connectivity index (χ1n) is 7.57. The summed E-state index contributed by atoms with van der Waals surface area (Å²) in [6.07, 6.45) is 4.37. The van der Waals surface area contributed by atoms with Gasteiger partial charge in [-0.3, -0.25) is 4.79 Å². The molecule has 1 fully saturated rings. The number of amides is 1. The van der Waals surface area contributed by atoms with Crippen LogP contribution in [0.25, 0.3) is 0 Å². The Kier molecular flexibility index (Phi) is 5.20. The number of hydrogen-bond donors (Lipinski definition) is 2. The molecule has 1 aromatic rings. The van der Waals surface area contributed by atoms with Crippen LogP contribution in [0.15, 0.2) is 6.20 Å². The van der Waals surface area contributed by atoms with Crippen LogP contribution in [0, 0.1) is 12.8 Å². The molecular formula is C14H23N5O3S. The maximum absolute atomic E-state index is 12.4. The molecule has 0 bridgehead atoms. The number of sulfonamides is 1. The van der Waals surface area contributed by atoms with E-state index in [1.807, 2.05) is 6.92 Å². The number of nitrogen functional groups attached to an aromatic ring is 1.